The number of aryl methyl sites for hydroxylation is 2. The van der Waals surface area contributed by atoms with Crippen molar-refractivity contribution in [2.24, 2.45) is 0 Å². The molecule has 0 unspecified atom stereocenters. The van der Waals surface area contributed by atoms with E-state index in [4.69, 9.17) is 0 Å². The van der Waals surface area contributed by atoms with E-state index >= 15 is 0 Å². The van der Waals surface area contributed by atoms with Crippen LogP contribution in [0.1, 0.15) is 21.7 Å². The van der Waals surface area contributed by atoms with Gasteiger partial charge in [0, 0.05) is 16.8 Å². The Kier molecular flexibility index (Phi) is 5.19. The molecule has 6 rings (SSSR count). The van der Waals surface area contributed by atoms with Crippen LogP contribution in [0.5, 0.6) is 0 Å². The lowest BCUT2D eigenvalue weighted by Crippen LogP contribution is -2.18. The molecule has 0 saturated carbocycles. The van der Waals surface area contributed by atoms with Gasteiger partial charge in [0.25, 0.3) is 5.91 Å². The van der Waals surface area contributed by atoms with Gasteiger partial charge in [0.05, 0.1) is 11.1 Å². The molecule has 1 amide bonds. The minimum absolute atomic E-state index is 0.188. The summed E-state index contributed by atoms with van der Waals surface area (Å²) in [6, 6.07) is 27.4. The monoisotopic (exact) mass is 471 g/mol. The van der Waals surface area contributed by atoms with Gasteiger partial charge in [-0.05, 0) is 31.5 Å². The topological polar surface area (TPSA) is 98.0 Å². The maximum Gasteiger partial charge on any atom is 0.278 e. The van der Waals surface area contributed by atoms with Crippen LogP contribution in [0, 0.1) is 13.8 Å². The van der Waals surface area contributed by atoms with E-state index in [1.54, 1.807) is 11.4 Å². The molecular formula is C28H21N7O. The molecule has 36 heavy (non-hydrogen) atoms. The van der Waals surface area contributed by atoms with Crippen LogP contribution in [-0.2, 0) is 0 Å². The number of fused-ring (bicyclic) bond motifs is 3. The summed E-state index contributed by atoms with van der Waals surface area (Å²) < 4.78 is 1.62. The van der Waals surface area contributed by atoms with E-state index in [0.717, 1.165) is 33.3 Å². The molecule has 8 nitrogen and oxygen atoms in total. The molecule has 0 bridgehead atoms. The fourth-order valence-corrected chi connectivity index (χ4v) is 4.27. The standard InChI is InChI=1S/C28H21N7O/c1-17-13-15-21(16-14-17)29-28(36)24-18(2)35-27(33-30-24)23-22(19-9-5-3-6-10-19)25(31-32-26(23)34-35)20-11-7-4-8-12-20/h3-16H,1-2H3,(H,29,36). The summed E-state index contributed by atoms with van der Waals surface area (Å²) in [7, 11) is 0. The maximum atomic E-state index is 13.0. The first-order valence-electron chi connectivity index (χ1n) is 11.5. The van der Waals surface area contributed by atoms with Crippen LogP contribution < -0.4 is 5.32 Å². The summed E-state index contributed by atoms with van der Waals surface area (Å²) in [4.78, 5) is 13.0. The third-order valence-corrected chi connectivity index (χ3v) is 6.11. The van der Waals surface area contributed by atoms with Gasteiger partial charge in [-0.2, -0.15) is 0 Å². The summed E-state index contributed by atoms with van der Waals surface area (Å²) in [5, 5.41) is 26.0. The van der Waals surface area contributed by atoms with Crippen molar-refractivity contribution in [2.45, 2.75) is 13.8 Å². The summed E-state index contributed by atoms with van der Waals surface area (Å²) in [6.45, 7) is 3.79. The molecule has 8 heteroatoms. The second-order valence-electron chi connectivity index (χ2n) is 8.54. The number of carbonyl (C=O) groups is 1. The SMILES string of the molecule is Cc1ccc(NC(=O)c2nnc3c4c(-c5ccccc5)c(-c5ccccc5)nnc4nn3c2C)cc1. The highest BCUT2D eigenvalue weighted by Gasteiger charge is 2.23. The van der Waals surface area contributed by atoms with E-state index in [1.807, 2.05) is 91.9 Å². The van der Waals surface area contributed by atoms with E-state index in [0.29, 0.717) is 22.7 Å². The van der Waals surface area contributed by atoms with Crippen molar-refractivity contribution in [3.8, 4) is 22.4 Å². The van der Waals surface area contributed by atoms with Crippen LogP contribution in [0.2, 0.25) is 0 Å². The molecule has 0 spiro atoms. The second-order valence-corrected chi connectivity index (χ2v) is 8.54. The predicted molar refractivity (Wildman–Crippen MR) is 139 cm³/mol. The Labute approximate surface area is 206 Å². The number of hydrogen-bond acceptors (Lipinski definition) is 6. The summed E-state index contributed by atoms with van der Waals surface area (Å²) in [5.41, 5.74) is 6.98. The van der Waals surface area contributed by atoms with Crippen molar-refractivity contribution in [2.75, 3.05) is 5.32 Å². The third kappa shape index (κ3) is 3.65. The zero-order valence-corrected chi connectivity index (χ0v) is 19.7. The lowest BCUT2D eigenvalue weighted by molar-refractivity contribution is 0.102. The Morgan fingerprint density at radius 1 is 0.750 bits per heavy atom. The molecule has 3 aromatic carbocycles. The van der Waals surface area contributed by atoms with Crippen molar-refractivity contribution >= 4 is 28.3 Å². The zero-order chi connectivity index (χ0) is 24.6. The molecule has 174 valence electrons. The van der Waals surface area contributed by atoms with Crippen LogP contribution >= 0.6 is 0 Å². The van der Waals surface area contributed by atoms with Gasteiger partial charge in [0.2, 0.25) is 5.65 Å². The van der Waals surface area contributed by atoms with Crippen LogP contribution in [0.3, 0.4) is 0 Å². The number of amides is 1. The van der Waals surface area contributed by atoms with Gasteiger partial charge >= 0.3 is 0 Å². The largest absolute Gasteiger partial charge is 0.321 e. The molecule has 6 aromatic rings. The van der Waals surface area contributed by atoms with Gasteiger partial charge < -0.3 is 5.32 Å². The molecule has 3 aromatic heterocycles. The lowest BCUT2D eigenvalue weighted by atomic mass is 9.97. The van der Waals surface area contributed by atoms with E-state index in [1.165, 1.54) is 0 Å². The molecule has 1 N–H and O–H groups in total. The molecule has 0 aliphatic rings. The summed E-state index contributed by atoms with van der Waals surface area (Å²) in [6.07, 6.45) is 0. The van der Waals surface area contributed by atoms with Gasteiger partial charge in [-0.15, -0.1) is 25.5 Å². The molecule has 0 radical (unpaired) electrons. The second kappa shape index (κ2) is 8.66. The fraction of sp³-hybridized carbons (Fsp3) is 0.0714. The van der Waals surface area contributed by atoms with E-state index in [-0.39, 0.29) is 11.6 Å². The first kappa shape index (κ1) is 21.5. The summed E-state index contributed by atoms with van der Waals surface area (Å²) in [5.74, 6) is -0.357. The fourth-order valence-electron chi connectivity index (χ4n) is 4.27. The maximum absolute atomic E-state index is 13.0. The van der Waals surface area contributed by atoms with Crippen molar-refractivity contribution in [1.82, 2.24) is 30.0 Å². The highest BCUT2D eigenvalue weighted by molar-refractivity contribution is 6.08. The normalized spacial score (nSPS) is 11.2. The van der Waals surface area contributed by atoms with E-state index in [9.17, 15) is 4.79 Å². The van der Waals surface area contributed by atoms with E-state index in [2.05, 4.69) is 30.8 Å². The number of rotatable bonds is 4. The van der Waals surface area contributed by atoms with Crippen LogP contribution in [-0.4, -0.2) is 35.9 Å². The lowest BCUT2D eigenvalue weighted by Gasteiger charge is -2.10. The number of aromatic nitrogens is 6. The Balaban J connectivity index is 1.55. The first-order valence-corrected chi connectivity index (χ1v) is 11.5. The van der Waals surface area contributed by atoms with Crippen LogP contribution in [0.15, 0.2) is 84.9 Å². The predicted octanol–water partition coefficient (Wildman–Crippen LogP) is 5.27. The average molecular weight is 472 g/mol. The van der Waals surface area contributed by atoms with Crippen molar-refractivity contribution in [3.63, 3.8) is 0 Å². The molecule has 0 fully saturated rings. The first-order chi connectivity index (χ1) is 17.6. The number of nitrogens with zero attached hydrogens (tertiary/aromatic N) is 6. The van der Waals surface area contributed by atoms with Gasteiger partial charge in [-0.1, -0.05) is 78.4 Å². The van der Waals surface area contributed by atoms with Crippen LogP contribution in [0.4, 0.5) is 5.69 Å². The Morgan fingerprint density at radius 2 is 1.42 bits per heavy atom. The molecule has 0 aliphatic carbocycles. The molecule has 0 saturated heterocycles. The molecule has 0 aliphatic heterocycles. The number of carbonyl (C=O) groups excluding carboxylic acids is 1. The van der Waals surface area contributed by atoms with E-state index < -0.39 is 0 Å². The van der Waals surface area contributed by atoms with Gasteiger partial charge in [-0.25, -0.2) is 4.52 Å². The number of hydrogen-bond donors (Lipinski definition) is 1. The van der Waals surface area contributed by atoms with Crippen molar-refractivity contribution in [3.05, 3.63) is 102 Å². The van der Waals surface area contributed by atoms with Gasteiger partial charge in [0.15, 0.2) is 11.3 Å². The highest BCUT2D eigenvalue weighted by Crippen LogP contribution is 2.37. The molecular weight excluding hydrogens is 450 g/mol. The molecule has 0 atom stereocenters. The minimum Gasteiger partial charge on any atom is -0.321 e. The number of nitrogens with one attached hydrogen (secondary N) is 1. The smallest absolute Gasteiger partial charge is 0.278 e. The summed E-state index contributed by atoms with van der Waals surface area (Å²) >= 11 is 0. The Bertz CT molecular complexity index is 1730. The number of anilines is 1. The van der Waals surface area contributed by atoms with Gasteiger partial charge in [-0.3, -0.25) is 4.79 Å². The Morgan fingerprint density at radius 3 is 2.11 bits per heavy atom. The van der Waals surface area contributed by atoms with Crippen LogP contribution in [0.25, 0.3) is 39.1 Å². The van der Waals surface area contributed by atoms with Crippen molar-refractivity contribution in [1.29, 1.82) is 0 Å². The van der Waals surface area contributed by atoms with Gasteiger partial charge in [0.1, 0.15) is 5.69 Å². The molecule has 3 heterocycles. The highest BCUT2D eigenvalue weighted by atomic mass is 16.2. The van der Waals surface area contributed by atoms with Crippen molar-refractivity contribution < 1.29 is 4.79 Å². The quantitative estimate of drug-likeness (QED) is 0.376. The number of benzene rings is 3. The Hall–Kier alpha value is -4.98. The third-order valence-electron chi connectivity index (χ3n) is 6.11. The average Bonchev–Trinajstić information content (AvgIpc) is 3.30. The zero-order valence-electron chi connectivity index (χ0n) is 19.7. The minimum atomic E-state index is -0.357.